The van der Waals surface area contributed by atoms with Gasteiger partial charge < -0.3 is 9.84 Å². The Bertz CT molecular complexity index is 407. The maximum absolute atomic E-state index is 10.8. The van der Waals surface area contributed by atoms with Crippen LogP contribution in [0.5, 0.6) is 0 Å². The van der Waals surface area contributed by atoms with E-state index in [-0.39, 0.29) is 10.7 Å². The predicted molar refractivity (Wildman–Crippen MR) is 58.7 cm³/mol. The Kier molecular flexibility index (Phi) is 3.83. The number of aromatic nitrogens is 2. The maximum Gasteiger partial charge on any atom is 0.356 e. The average molecular weight is 245 g/mol. The van der Waals surface area contributed by atoms with E-state index >= 15 is 0 Å². The molecule has 6 heteroatoms. The predicted octanol–water partition coefficient (Wildman–Crippen LogP) is 2.10. The fourth-order valence-electron chi connectivity index (χ4n) is 1.23. The molecule has 0 bridgehead atoms. The Morgan fingerprint density at radius 2 is 2.25 bits per heavy atom. The molecule has 1 rings (SSSR count). The molecular weight excluding hydrogens is 232 g/mol. The van der Waals surface area contributed by atoms with Crippen molar-refractivity contribution < 1.29 is 14.6 Å². The minimum atomic E-state index is -1.18. The van der Waals surface area contributed by atoms with Crippen molar-refractivity contribution in [1.82, 2.24) is 9.97 Å². The summed E-state index contributed by atoms with van der Waals surface area (Å²) in [6, 6.07) is 0. The number of carbonyl (C=O) groups is 1. The first-order valence-corrected chi connectivity index (χ1v) is 5.16. The van der Waals surface area contributed by atoms with Crippen LogP contribution >= 0.6 is 11.6 Å². The Hall–Kier alpha value is -1.20. The lowest BCUT2D eigenvalue weighted by atomic mass is 10.1. The Labute approximate surface area is 98.4 Å². The van der Waals surface area contributed by atoms with Crippen LogP contribution in [0.4, 0.5) is 0 Å². The van der Waals surface area contributed by atoms with Crippen molar-refractivity contribution in [2.45, 2.75) is 26.4 Å². The number of rotatable bonds is 4. The van der Waals surface area contributed by atoms with Gasteiger partial charge in [0.05, 0.1) is 11.2 Å². The van der Waals surface area contributed by atoms with Gasteiger partial charge in [-0.1, -0.05) is 11.6 Å². The number of aromatic carboxylic acids is 1. The second-order valence-electron chi connectivity index (χ2n) is 3.64. The molecule has 0 spiro atoms. The lowest BCUT2D eigenvalue weighted by Gasteiger charge is -2.22. The highest BCUT2D eigenvalue weighted by atomic mass is 35.5. The minimum absolute atomic E-state index is 0.0172. The van der Waals surface area contributed by atoms with E-state index < -0.39 is 11.6 Å². The van der Waals surface area contributed by atoms with E-state index in [1.54, 1.807) is 13.8 Å². The first-order chi connectivity index (χ1) is 7.38. The molecule has 0 saturated carbocycles. The molecule has 1 aromatic rings. The van der Waals surface area contributed by atoms with Gasteiger partial charge in [-0.15, -0.1) is 0 Å². The van der Waals surface area contributed by atoms with Crippen LogP contribution in [0.3, 0.4) is 0 Å². The van der Waals surface area contributed by atoms with Crippen molar-refractivity contribution in [1.29, 1.82) is 0 Å². The smallest absolute Gasteiger partial charge is 0.356 e. The Morgan fingerprint density at radius 1 is 1.62 bits per heavy atom. The van der Waals surface area contributed by atoms with Gasteiger partial charge in [-0.3, -0.25) is 0 Å². The fraction of sp³-hybridized carbons (Fsp3) is 0.500. The molecule has 1 heterocycles. The summed E-state index contributed by atoms with van der Waals surface area (Å²) in [6.07, 6.45) is 1.27. The van der Waals surface area contributed by atoms with E-state index in [4.69, 9.17) is 21.4 Å². The molecule has 16 heavy (non-hydrogen) atoms. The summed E-state index contributed by atoms with van der Waals surface area (Å²) >= 11 is 5.67. The molecular formula is C10H13ClN2O3. The number of nitrogens with zero attached hydrogens (tertiary/aromatic N) is 2. The van der Waals surface area contributed by atoms with Gasteiger partial charge in [0, 0.05) is 6.61 Å². The van der Waals surface area contributed by atoms with Gasteiger partial charge >= 0.3 is 5.97 Å². The molecule has 5 nitrogen and oxygen atoms in total. The zero-order valence-electron chi connectivity index (χ0n) is 9.32. The Morgan fingerprint density at radius 3 is 2.75 bits per heavy atom. The lowest BCUT2D eigenvalue weighted by Crippen LogP contribution is -2.25. The molecule has 0 fully saturated rings. The van der Waals surface area contributed by atoms with Crippen molar-refractivity contribution in [3.8, 4) is 0 Å². The summed E-state index contributed by atoms with van der Waals surface area (Å²) in [7, 11) is 0. The first kappa shape index (κ1) is 12.9. The third-order valence-electron chi connectivity index (χ3n) is 1.99. The van der Waals surface area contributed by atoms with Crippen LogP contribution < -0.4 is 0 Å². The number of carboxylic acid groups (broad SMARTS) is 1. The molecule has 0 unspecified atom stereocenters. The minimum Gasteiger partial charge on any atom is -0.476 e. The van der Waals surface area contributed by atoms with Crippen LogP contribution in [0.1, 0.15) is 37.1 Å². The van der Waals surface area contributed by atoms with Crippen LogP contribution in [-0.2, 0) is 10.3 Å². The summed E-state index contributed by atoms with van der Waals surface area (Å²) in [5.74, 6) is -0.878. The number of hydrogen-bond acceptors (Lipinski definition) is 4. The fourth-order valence-corrected chi connectivity index (χ4v) is 1.40. The molecule has 0 aliphatic heterocycles. The van der Waals surface area contributed by atoms with Crippen molar-refractivity contribution in [2.24, 2.45) is 0 Å². The number of hydrogen-bond donors (Lipinski definition) is 1. The summed E-state index contributed by atoms with van der Waals surface area (Å²) in [5.41, 5.74) is -0.941. The zero-order valence-corrected chi connectivity index (χ0v) is 10.1. The van der Waals surface area contributed by atoms with Crippen molar-refractivity contribution in [2.75, 3.05) is 6.61 Å². The molecule has 0 radical (unpaired) electrons. The third-order valence-corrected chi connectivity index (χ3v) is 2.27. The highest BCUT2D eigenvalue weighted by Crippen LogP contribution is 2.23. The van der Waals surface area contributed by atoms with Gasteiger partial charge in [0.15, 0.2) is 11.5 Å². The lowest BCUT2D eigenvalue weighted by molar-refractivity contribution is -0.0209. The molecule has 0 amide bonds. The molecule has 0 saturated heterocycles. The van der Waals surface area contributed by atoms with E-state index in [2.05, 4.69) is 9.97 Å². The zero-order chi connectivity index (χ0) is 12.3. The van der Waals surface area contributed by atoms with Crippen molar-refractivity contribution in [3.63, 3.8) is 0 Å². The normalized spacial score (nSPS) is 11.5. The summed E-state index contributed by atoms with van der Waals surface area (Å²) in [4.78, 5) is 18.7. The van der Waals surface area contributed by atoms with E-state index in [9.17, 15) is 4.79 Å². The molecule has 1 aromatic heterocycles. The summed E-state index contributed by atoms with van der Waals surface area (Å²) < 4.78 is 5.43. The van der Waals surface area contributed by atoms with Gasteiger partial charge in [0.2, 0.25) is 0 Å². The molecule has 0 aliphatic carbocycles. The standard InChI is InChI=1S/C10H13ClN2O3/c1-4-16-10(2,3)9-12-5-6(11)7(13-9)8(14)15/h5H,4H2,1-3H3,(H,14,15). The third kappa shape index (κ3) is 2.68. The van der Waals surface area contributed by atoms with Crippen LogP contribution in [0.25, 0.3) is 0 Å². The maximum atomic E-state index is 10.8. The Balaban J connectivity index is 3.17. The van der Waals surface area contributed by atoms with Crippen LogP contribution in [0, 0.1) is 0 Å². The quantitative estimate of drug-likeness (QED) is 0.878. The summed E-state index contributed by atoms with van der Waals surface area (Å²) in [5, 5.41) is 8.89. The van der Waals surface area contributed by atoms with Crippen molar-refractivity contribution in [3.05, 3.63) is 22.7 Å². The van der Waals surface area contributed by atoms with Crippen LogP contribution in [-0.4, -0.2) is 27.7 Å². The number of halogens is 1. The molecule has 88 valence electrons. The van der Waals surface area contributed by atoms with Gasteiger partial charge in [-0.05, 0) is 20.8 Å². The molecule has 0 aliphatic rings. The van der Waals surface area contributed by atoms with Crippen LogP contribution in [0.15, 0.2) is 6.20 Å². The SMILES string of the molecule is CCOC(C)(C)c1ncc(Cl)c(C(=O)O)n1. The second kappa shape index (κ2) is 4.76. The van der Waals surface area contributed by atoms with E-state index in [0.717, 1.165) is 0 Å². The molecule has 1 N–H and O–H groups in total. The van der Waals surface area contributed by atoms with Crippen LogP contribution in [0.2, 0.25) is 5.02 Å². The molecule has 0 atom stereocenters. The van der Waals surface area contributed by atoms with Gasteiger partial charge in [-0.2, -0.15) is 0 Å². The van der Waals surface area contributed by atoms with E-state index in [1.807, 2.05) is 6.92 Å². The van der Waals surface area contributed by atoms with Gasteiger partial charge in [0.1, 0.15) is 5.60 Å². The average Bonchev–Trinajstić information content (AvgIpc) is 2.17. The molecule has 0 aromatic carbocycles. The largest absolute Gasteiger partial charge is 0.476 e. The highest BCUT2D eigenvalue weighted by molar-refractivity contribution is 6.33. The van der Waals surface area contributed by atoms with Gasteiger partial charge in [0.25, 0.3) is 0 Å². The highest BCUT2D eigenvalue weighted by Gasteiger charge is 2.26. The second-order valence-corrected chi connectivity index (χ2v) is 4.05. The van der Waals surface area contributed by atoms with Crippen molar-refractivity contribution >= 4 is 17.6 Å². The van der Waals surface area contributed by atoms with E-state index in [0.29, 0.717) is 12.4 Å². The monoisotopic (exact) mass is 244 g/mol. The first-order valence-electron chi connectivity index (χ1n) is 4.78. The topological polar surface area (TPSA) is 72.3 Å². The van der Waals surface area contributed by atoms with E-state index in [1.165, 1.54) is 6.20 Å². The summed E-state index contributed by atoms with van der Waals surface area (Å²) in [6.45, 7) is 5.87. The number of ether oxygens (including phenoxy) is 1. The van der Waals surface area contributed by atoms with Gasteiger partial charge in [-0.25, -0.2) is 14.8 Å². The number of carboxylic acids is 1.